The molecule has 1 saturated carbocycles. The number of anilines is 2. The summed E-state index contributed by atoms with van der Waals surface area (Å²) in [6.45, 7) is 1.55. The fourth-order valence-electron chi connectivity index (χ4n) is 3.83. The Morgan fingerprint density at radius 3 is 2.12 bits per heavy atom. The van der Waals surface area contributed by atoms with Crippen molar-refractivity contribution in [3.05, 3.63) is 60.2 Å². The van der Waals surface area contributed by atoms with Crippen molar-refractivity contribution in [3.63, 3.8) is 0 Å². The molecule has 2 unspecified atom stereocenters. The SMILES string of the molecule is CC(C(=O)NC1CCCC1)N(C(=O)CS(=O)CC(=O)Nc1ccc(F)cc1)c1ccc(F)cc1. The van der Waals surface area contributed by atoms with Crippen LogP contribution in [-0.2, 0) is 25.2 Å². The van der Waals surface area contributed by atoms with Crippen LogP contribution in [0.25, 0.3) is 0 Å². The van der Waals surface area contributed by atoms with E-state index in [1.165, 1.54) is 53.4 Å². The van der Waals surface area contributed by atoms with Gasteiger partial charge in [-0.25, -0.2) is 8.78 Å². The molecule has 0 saturated heterocycles. The van der Waals surface area contributed by atoms with E-state index < -0.39 is 51.8 Å². The average molecular weight is 492 g/mol. The van der Waals surface area contributed by atoms with Gasteiger partial charge in [0.1, 0.15) is 29.2 Å². The smallest absolute Gasteiger partial charge is 0.243 e. The van der Waals surface area contributed by atoms with Crippen LogP contribution in [0.15, 0.2) is 48.5 Å². The number of halogens is 2. The first-order chi connectivity index (χ1) is 16.2. The first-order valence-electron chi connectivity index (χ1n) is 11.0. The van der Waals surface area contributed by atoms with E-state index in [9.17, 15) is 27.4 Å². The van der Waals surface area contributed by atoms with Gasteiger partial charge in [0.15, 0.2) is 0 Å². The summed E-state index contributed by atoms with van der Waals surface area (Å²) < 4.78 is 39.0. The van der Waals surface area contributed by atoms with Crippen LogP contribution in [0.1, 0.15) is 32.6 Å². The maximum atomic E-state index is 13.4. The second kappa shape index (κ2) is 11.8. The Bertz CT molecular complexity index is 1040. The summed E-state index contributed by atoms with van der Waals surface area (Å²) in [5.74, 6) is -3.51. The van der Waals surface area contributed by atoms with Crippen LogP contribution in [-0.4, -0.2) is 45.5 Å². The second-order valence-corrected chi connectivity index (χ2v) is 9.65. The number of hydrogen-bond donors (Lipinski definition) is 2. The molecular weight excluding hydrogens is 464 g/mol. The van der Waals surface area contributed by atoms with Gasteiger partial charge in [-0.1, -0.05) is 12.8 Å². The highest BCUT2D eigenvalue weighted by atomic mass is 32.2. The molecule has 0 bridgehead atoms. The molecule has 34 heavy (non-hydrogen) atoms. The van der Waals surface area contributed by atoms with Crippen molar-refractivity contribution in [1.29, 1.82) is 0 Å². The van der Waals surface area contributed by atoms with Crippen LogP contribution in [0.4, 0.5) is 20.2 Å². The first kappa shape index (κ1) is 25.5. The van der Waals surface area contributed by atoms with Gasteiger partial charge in [-0.3, -0.25) is 23.5 Å². The molecule has 1 fully saturated rings. The van der Waals surface area contributed by atoms with E-state index in [0.717, 1.165) is 25.7 Å². The molecule has 0 spiro atoms. The number of nitrogens with zero attached hydrogens (tertiary/aromatic N) is 1. The molecular formula is C24H27F2N3O4S. The number of rotatable bonds is 9. The minimum atomic E-state index is -1.87. The zero-order valence-corrected chi connectivity index (χ0v) is 19.6. The number of amides is 3. The molecule has 182 valence electrons. The summed E-state index contributed by atoms with van der Waals surface area (Å²) in [5, 5.41) is 5.43. The third-order valence-electron chi connectivity index (χ3n) is 5.55. The Morgan fingerprint density at radius 1 is 0.971 bits per heavy atom. The number of hydrogen-bond acceptors (Lipinski definition) is 4. The lowest BCUT2D eigenvalue weighted by Crippen LogP contribution is -2.51. The summed E-state index contributed by atoms with van der Waals surface area (Å²) in [7, 11) is -1.87. The van der Waals surface area contributed by atoms with Gasteiger partial charge in [-0.2, -0.15) is 0 Å². The monoisotopic (exact) mass is 491 g/mol. The quantitative estimate of drug-likeness (QED) is 0.564. The summed E-state index contributed by atoms with van der Waals surface area (Å²) in [6.07, 6.45) is 3.80. The summed E-state index contributed by atoms with van der Waals surface area (Å²) >= 11 is 0. The normalized spacial score (nSPS) is 15.4. The predicted molar refractivity (Wildman–Crippen MR) is 127 cm³/mol. The van der Waals surface area contributed by atoms with Crippen molar-refractivity contribution in [1.82, 2.24) is 5.32 Å². The largest absolute Gasteiger partial charge is 0.352 e. The van der Waals surface area contributed by atoms with Crippen molar-refractivity contribution in [2.24, 2.45) is 0 Å². The molecule has 1 aliphatic carbocycles. The van der Waals surface area contributed by atoms with Crippen molar-refractivity contribution >= 4 is 39.9 Å². The number of nitrogens with one attached hydrogen (secondary N) is 2. The van der Waals surface area contributed by atoms with Crippen molar-refractivity contribution in [2.75, 3.05) is 21.7 Å². The summed E-state index contributed by atoms with van der Waals surface area (Å²) in [5.41, 5.74) is 0.619. The number of carbonyl (C=O) groups is 3. The Kier molecular flexibility index (Phi) is 8.86. The minimum absolute atomic E-state index is 0.0457. The van der Waals surface area contributed by atoms with Crippen LogP contribution in [0.5, 0.6) is 0 Å². The van der Waals surface area contributed by atoms with E-state index in [0.29, 0.717) is 5.69 Å². The van der Waals surface area contributed by atoms with Gasteiger partial charge in [0.05, 0.1) is 0 Å². The summed E-state index contributed by atoms with van der Waals surface area (Å²) in [6, 6.07) is 9.28. The highest BCUT2D eigenvalue weighted by Crippen LogP contribution is 2.21. The van der Waals surface area contributed by atoms with E-state index in [-0.39, 0.29) is 17.6 Å². The van der Waals surface area contributed by atoms with Crippen molar-refractivity contribution in [2.45, 2.75) is 44.7 Å². The van der Waals surface area contributed by atoms with E-state index >= 15 is 0 Å². The molecule has 3 amide bonds. The van der Waals surface area contributed by atoms with E-state index in [2.05, 4.69) is 10.6 Å². The van der Waals surface area contributed by atoms with Gasteiger partial charge < -0.3 is 10.6 Å². The van der Waals surface area contributed by atoms with Gasteiger partial charge in [0.25, 0.3) is 0 Å². The van der Waals surface area contributed by atoms with Gasteiger partial charge >= 0.3 is 0 Å². The first-order valence-corrected chi connectivity index (χ1v) is 12.5. The lowest BCUT2D eigenvalue weighted by Gasteiger charge is -2.29. The van der Waals surface area contributed by atoms with Gasteiger partial charge in [-0.05, 0) is 68.3 Å². The zero-order valence-electron chi connectivity index (χ0n) is 18.8. The summed E-state index contributed by atoms with van der Waals surface area (Å²) in [4.78, 5) is 39.3. The fraction of sp³-hybridized carbons (Fsp3) is 0.375. The molecule has 0 heterocycles. The third kappa shape index (κ3) is 7.18. The highest BCUT2D eigenvalue weighted by molar-refractivity contribution is 7.86. The second-order valence-electron chi connectivity index (χ2n) is 8.19. The Morgan fingerprint density at radius 2 is 1.53 bits per heavy atom. The average Bonchev–Trinajstić information content (AvgIpc) is 3.29. The van der Waals surface area contributed by atoms with Crippen LogP contribution in [0.2, 0.25) is 0 Å². The standard InChI is InChI=1S/C24H27F2N3O4S/c1-16(24(32)28-19-4-2-3-5-19)29(21-12-8-18(26)9-13-21)23(31)15-34(33)14-22(30)27-20-10-6-17(25)7-11-20/h6-13,16,19H,2-5,14-15H2,1H3,(H,27,30)(H,28,32). The third-order valence-corrected chi connectivity index (χ3v) is 6.70. The molecule has 2 atom stereocenters. The Balaban J connectivity index is 1.66. The maximum Gasteiger partial charge on any atom is 0.243 e. The van der Waals surface area contributed by atoms with Crippen LogP contribution in [0.3, 0.4) is 0 Å². The minimum Gasteiger partial charge on any atom is -0.352 e. The lowest BCUT2D eigenvalue weighted by molar-refractivity contribution is -0.125. The number of carbonyl (C=O) groups excluding carboxylic acids is 3. The van der Waals surface area contributed by atoms with E-state index in [4.69, 9.17) is 0 Å². The molecule has 10 heteroatoms. The molecule has 1 aliphatic rings. The molecule has 2 N–H and O–H groups in total. The highest BCUT2D eigenvalue weighted by Gasteiger charge is 2.30. The van der Waals surface area contributed by atoms with Crippen molar-refractivity contribution < 1.29 is 27.4 Å². The fourth-order valence-corrected chi connectivity index (χ4v) is 4.71. The molecule has 0 radical (unpaired) electrons. The molecule has 2 aromatic rings. The van der Waals surface area contributed by atoms with Crippen LogP contribution < -0.4 is 15.5 Å². The molecule has 3 rings (SSSR count). The molecule has 7 nitrogen and oxygen atoms in total. The maximum absolute atomic E-state index is 13.4. The van der Waals surface area contributed by atoms with Crippen LogP contribution in [0, 0.1) is 11.6 Å². The Labute approximate surface area is 199 Å². The lowest BCUT2D eigenvalue weighted by atomic mass is 10.1. The molecule has 0 aromatic heterocycles. The zero-order chi connectivity index (χ0) is 24.7. The predicted octanol–water partition coefficient (Wildman–Crippen LogP) is 3.13. The van der Waals surface area contributed by atoms with Gasteiger partial charge in [0, 0.05) is 28.2 Å². The molecule has 0 aliphatic heterocycles. The van der Waals surface area contributed by atoms with Gasteiger partial charge in [-0.15, -0.1) is 0 Å². The van der Waals surface area contributed by atoms with Gasteiger partial charge in [0.2, 0.25) is 17.7 Å². The van der Waals surface area contributed by atoms with Crippen molar-refractivity contribution in [3.8, 4) is 0 Å². The van der Waals surface area contributed by atoms with E-state index in [1.54, 1.807) is 6.92 Å². The number of benzene rings is 2. The van der Waals surface area contributed by atoms with E-state index in [1.807, 2.05) is 0 Å². The Hall–Kier alpha value is -3.14. The molecule has 2 aromatic carbocycles. The topological polar surface area (TPSA) is 95.6 Å². The van der Waals surface area contributed by atoms with Crippen LogP contribution >= 0.6 is 0 Å².